The van der Waals surface area contributed by atoms with Crippen molar-refractivity contribution < 1.29 is 4.79 Å². The lowest BCUT2D eigenvalue weighted by Crippen LogP contribution is -2.28. The normalized spacial score (nSPS) is 31.3. The predicted octanol–water partition coefficient (Wildman–Crippen LogP) is 3.27. The van der Waals surface area contributed by atoms with E-state index in [1.54, 1.807) is 0 Å². The lowest BCUT2D eigenvalue weighted by molar-refractivity contribution is -0.116. The standard InChI is InChI=1S/C18H24N2O/c1-2-19-18(15-9-13-8-14(13)10-15)12-3-5-16-11(7-12)4-6-17(21)20-16/h3,5,7,13-15,18-19H,2,4,6,8-10H2,1H3,(H,20,21). The van der Waals surface area contributed by atoms with E-state index in [0.717, 1.165) is 36.4 Å². The molecule has 4 rings (SSSR count). The maximum Gasteiger partial charge on any atom is 0.224 e. The first-order chi connectivity index (χ1) is 10.2. The summed E-state index contributed by atoms with van der Waals surface area (Å²) in [7, 11) is 0. The van der Waals surface area contributed by atoms with Gasteiger partial charge in [-0.05, 0) is 67.2 Å². The first-order valence-electron chi connectivity index (χ1n) is 8.40. The molecule has 1 aliphatic heterocycles. The highest BCUT2D eigenvalue weighted by atomic mass is 16.1. The van der Waals surface area contributed by atoms with Crippen molar-refractivity contribution in [1.82, 2.24) is 5.32 Å². The summed E-state index contributed by atoms with van der Waals surface area (Å²) in [4.78, 5) is 11.5. The molecule has 1 aromatic rings. The van der Waals surface area contributed by atoms with Gasteiger partial charge in [0.05, 0.1) is 0 Å². The van der Waals surface area contributed by atoms with Gasteiger partial charge in [0, 0.05) is 18.2 Å². The minimum atomic E-state index is 0.148. The zero-order chi connectivity index (χ0) is 14.4. The van der Waals surface area contributed by atoms with E-state index in [1.807, 2.05) is 0 Å². The summed E-state index contributed by atoms with van der Waals surface area (Å²) >= 11 is 0. The molecule has 0 radical (unpaired) electrons. The van der Waals surface area contributed by atoms with Gasteiger partial charge >= 0.3 is 0 Å². The molecule has 0 aromatic heterocycles. The van der Waals surface area contributed by atoms with Crippen LogP contribution >= 0.6 is 0 Å². The second-order valence-electron chi connectivity index (χ2n) is 6.99. The monoisotopic (exact) mass is 284 g/mol. The van der Waals surface area contributed by atoms with Crippen molar-refractivity contribution in [2.75, 3.05) is 11.9 Å². The fourth-order valence-electron chi connectivity index (χ4n) is 4.41. The zero-order valence-corrected chi connectivity index (χ0v) is 12.7. The van der Waals surface area contributed by atoms with Crippen molar-refractivity contribution in [3.63, 3.8) is 0 Å². The third-order valence-electron chi connectivity index (χ3n) is 5.56. The molecular weight excluding hydrogens is 260 g/mol. The van der Waals surface area contributed by atoms with Gasteiger partial charge in [-0.15, -0.1) is 0 Å². The fourth-order valence-corrected chi connectivity index (χ4v) is 4.41. The van der Waals surface area contributed by atoms with Gasteiger partial charge < -0.3 is 10.6 Å². The van der Waals surface area contributed by atoms with E-state index in [0.29, 0.717) is 12.5 Å². The van der Waals surface area contributed by atoms with Gasteiger partial charge in [0.1, 0.15) is 0 Å². The Hall–Kier alpha value is -1.35. The number of carbonyl (C=O) groups is 1. The number of nitrogens with one attached hydrogen (secondary N) is 2. The SMILES string of the molecule is CCNC(c1ccc2c(c1)CCC(=O)N2)C1CC2CC2C1. The summed E-state index contributed by atoms with van der Waals surface area (Å²) in [6.07, 6.45) is 5.78. The molecular formula is C18H24N2O. The number of hydrogen-bond acceptors (Lipinski definition) is 2. The zero-order valence-electron chi connectivity index (χ0n) is 12.7. The molecule has 2 saturated carbocycles. The van der Waals surface area contributed by atoms with E-state index < -0.39 is 0 Å². The fraction of sp³-hybridized carbons (Fsp3) is 0.611. The lowest BCUT2D eigenvalue weighted by Gasteiger charge is -2.28. The first-order valence-corrected chi connectivity index (χ1v) is 8.40. The van der Waals surface area contributed by atoms with Gasteiger partial charge in [0.2, 0.25) is 5.91 Å². The molecule has 3 atom stereocenters. The van der Waals surface area contributed by atoms with Gasteiger partial charge in [-0.25, -0.2) is 0 Å². The molecule has 3 unspecified atom stereocenters. The summed E-state index contributed by atoms with van der Waals surface area (Å²) in [5.41, 5.74) is 3.73. The van der Waals surface area contributed by atoms with Crippen LogP contribution in [0.4, 0.5) is 5.69 Å². The molecule has 3 heteroatoms. The second kappa shape index (κ2) is 5.13. The smallest absolute Gasteiger partial charge is 0.224 e. The molecule has 0 spiro atoms. The number of fused-ring (bicyclic) bond motifs is 2. The third kappa shape index (κ3) is 2.48. The van der Waals surface area contributed by atoms with Crippen LogP contribution in [-0.2, 0) is 11.2 Å². The highest BCUT2D eigenvalue weighted by Crippen LogP contribution is 2.57. The second-order valence-corrected chi connectivity index (χ2v) is 6.99. The molecule has 0 saturated heterocycles. The number of benzene rings is 1. The van der Waals surface area contributed by atoms with Crippen LogP contribution in [0.5, 0.6) is 0 Å². The molecule has 0 bridgehead atoms. The van der Waals surface area contributed by atoms with E-state index in [4.69, 9.17) is 0 Å². The van der Waals surface area contributed by atoms with Gasteiger partial charge in [-0.3, -0.25) is 4.79 Å². The number of hydrogen-bond donors (Lipinski definition) is 2. The van der Waals surface area contributed by atoms with E-state index in [-0.39, 0.29) is 5.91 Å². The summed E-state index contributed by atoms with van der Waals surface area (Å²) in [5, 5.41) is 6.69. The Bertz CT molecular complexity index is 558. The van der Waals surface area contributed by atoms with Crippen LogP contribution in [0.2, 0.25) is 0 Å². The van der Waals surface area contributed by atoms with Crippen molar-refractivity contribution in [2.24, 2.45) is 17.8 Å². The summed E-state index contributed by atoms with van der Waals surface area (Å²) < 4.78 is 0. The minimum Gasteiger partial charge on any atom is -0.326 e. The summed E-state index contributed by atoms with van der Waals surface area (Å²) in [6.45, 7) is 3.21. The van der Waals surface area contributed by atoms with Crippen LogP contribution in [0.15, 0.2) is 18.2 Å². The Morgan fingerprint density at radius 2 is 2.05 bits per heavy atom. The summed E-state index contributed by atoms with van der Waals surface area (Å²) in [5.74, 6) is 2.99. The molecule has 2 N–H and O–H groups in total. The molecule has 3 nitrogen and oxygen atoms in total. The van der Waals surface area contributed by atoms with Gasteiger partial charge in [0.25, 0.3) is 0 Å². The average Bonchev–Trinajstić information content (AvgIpc) is 3.10. The Morgan fingerprint density at radius 3 is 2.81 bits per heavy atom. The maximum absolute atomic E-state index is 11.5. The third-order valence-corrected chi connectivity index (χ3v) is 5.56. The van der Waals surface area contributed by atoms with Crippen LogP contribution in [0, 0.1) is 17.8 Å². The molecule has 1 aromatic carbocycles. The van der Waals surface area contributed by atoms with Crippen molar-refractivity contribution >= 4 is 11.6 Å². The van der Waals surface area contributed by atoms with Gasteiger partial charge in [-0.1, -0.05) is 19.1 Å². The number of aryl methyl sites for hydroxylation is 1. The topological polar surface area (TPSA) is 41.1 Å². The molecule has 112 valence electrons. The first kappa shape index (κ1) is 13.3. The number of carbonyl (C=O) groups excluding carboxylic acids is 1. The van der Waals surface area contributed by atoms with Crippen molar-refractivity contribution in [3.8, 4) is 0 Å². The van der Waals surface area contributed by atoms with E-state index in [1.165, 1.54) is 30.4 Å². The van der Waals surface area contributed by atoms with Crippen LogP contribution in [0.3, 0.4) is 0 Å². The molecule has 2 fully saturated rings. The Balaban J connectivity index is 1.58. The predicted molar refractivity (Wildman–Crippen MR) is 84.1 cm³/mol. The molecule has 1 heterocycles. The molecule has 2 aliphatic carbocycles. The molecule has 1 amide bonds. The number of rotatable bonds is 4. The van der Waals surface area contributed by atoms with Gasteiger partial charge in [-0.2, -0.15) is 0 Å². The maximum atomic E-state index is 11.5. The van der Waals surface area contributed by atoms with Gasteiger partial charge in [0.15, 0.2) is 0 Å². The minimum absolute atomic E-state index is 0.148. The van der Waals surface area contributed by atoms with E-state index >= 15 is 0 Å². The quantitative estimate of drug-likeness (QED) is 0.891. The highest BCUT2D eigenvalue weighted by molar-refractivity contribution is 5.93. The van der Waals surface area contributed by atoms with E-state index in [9.17, 15) is 4.79 Å². The van der Waals surface area contributed by atoms with E-state index in [2.05, 4.69) is 35.8 Å². The largest absolute Gasteiger partial charge is 0.326 e. The molecule has 21 heavy (non-hydrogen) atoms. The van der Waals surface area contributed by atoms with Crippen molar-refractivity contribution in [1.29, 1.82) is 0 Å². The van der Waals surface area contributed by atoms with Crippen LogP contribution < -0.4 is 10.6 Å². The Labute approximate surface area is 126 Å². The lowest BCUT2D eigenvalue weighted by atomic mass is 9.87. The average molecular weight is 284 g/mol. The highest BCUT2D eigenvalue weighted by Gasteiger charge is 2.47. The Kier molecular flexibility index (Phi) is 3.26. The van der Waals surface area contributed by atoms with Crippen LogP contribution in [0.1, 0.15) is 49.8 Å². The number of amides is 1. The van der Waals surface area contributed by atoms with Crippen LogP contribution in [-0.4, -0.2) is 12.5 Å². The molecule has 3 aliphatic rings. The number of anilines is 1. The summed E-state index contributed by atoms with van der Waals surface area (Å²) in [6, 6.07) is 7.13. The Morgan fingerprint density at radius 1 is 1.24 bits per heavy atom. The van der Waals surface area contributed by atoms with Crippen LogP contribution in [0.25, 0.3) is 0 Å². The van der Waals surface area contributed by atoms with Crippen molar-refractivity contribution in [3.05, 3.63) is 29.3 Å². The van der Waals surface area contributed by atoms with Crippen molar-refractivity contribution in [2.45, 2.75) is 45.1 Å².